The van der Waals surface area contributed by atoms with E-state index < -0.39 is 43.6 Å². The van der Waals surface area contributed by atoms with Crippen molar-refractivity contribution in [3.8, 4) is 0 Å². The molecule has 6 nitrogen and oxygen atoms in total. The third-order valence-corrected chi connectivity index (χ3v) is 4.67. The summed E-state index contributed by atoms with van der Waals surface area (Å²) in [5.74, 6) is 0. The second-order valence-electron chi connectivity index (χ2n) is 6.44. The number of rotatable bonds is 5. The van der Waals surface area contributed by atoms with Crippen molar-refractivity contribution < 1.29 is 29.2 Å². The van der Waals surface area contributed by atoms with Crippen LogP contribution in [-0.4, -0.2) is 47.8 Å². The SMILES string of the molecule is OC[C@@H](O)[C@@H]1OC(c2ccccc2)O[C@H]1[C@@H]1COC(c2ccccc2)O1. The smallest absolute Gasteiger partial charge is 0.184 e. The maximum absolute atomic E-state index is 10.2. The van der Waals surface area contributed by atoms with Crippen molar-refractivity contribution in [1.82, 2.24) is 0 Å². The molecule has 2 N–H and O–H groups in total. The van der Waals surface area contributed by atoms with Crippen molar-refractivity contribution in [3.05, 3.63) is 71.8 Å². The van der Waals surface area contributed by atoms with E-state index in [1.54, 1.807) is 0 Å². The number of hydrogen-bond acceptors (Lipinski definition) is 6. The van der Waals surface area contributed by atoms with Gasteiger partial charge in [-0.3, -0.25) is 0 Å². The molecule has 2 aromatic rings. The zero-order valence-electron chi connectivity index (χ0n) is 14.2. The van der Waals surface area contributed by atoms with Crippen molar-refractivity contribution >= 4 is 0 Å². The van der Waals surface area contributed by atoms with E-state index in [1.165, 1.54) is 0 Å². The van der Waals surface area contributed by atoms with Crippen molar-refractivity contribution in [2.75, 3.05) is 13.2 Å². The lowest BCUT2D eigenvalue weighted by Crippen LogP contribution is -2.44. The molecule has 0 saturated carbocycles. The highest BCUT2D eigenvalue weighted by Crippen LogP contribution is 2.38. The molecule has 138 valence electrons. The zero-order chi connectivity index (χ0) is 17.9. The number of aliphatic hydroxyl groups excluding tert-OH is 2. The third-order valence-electron chi connectivity index (χ3n) is 4.67. The molecule has 0 spiro atoms. The largest absolute Gasteiger partial charge is 0.394 e. The Hall–Kier alpha value is -1.80. The predicted molar refractivity (Wildman–Crippen MR) is 92.0 cm³/mol. The molecule has 2 aromatic carbocycles. The van der Waals surface area contributed by atoms with Gasteiger partial charge in [-0.25, -0.2) is 0 Å². The second-order valence-corrected chi connectivity index (χ2v) is 6.44. The maximum atomic E-state index is 10.2. The highest BCUT2D eigenvalue weighted by molar-refractivity contribution is 5.18. The fourth-order valence-corrected chi connectivity index (χ4v) is 3.33. The summed E-state index contributed by atoms with van der Waals surface area (Å²) in [5, 5.41) is 19.6. The quantitative estimate of drug-likeness (QED) is 0.851. The van der Waals surface area contributed by atoms with Crippen LogP contribution in [0.4, 0.5) is 0 Å². The van der Waals surface area contributed by atoms with Crippen LogP contribution in [0.5, 0.6) is 0 Å². The molecule has 0 aliphatic carbocycles. The average Bonchev–Trinajstić information content (AvgIpc) is 3.36. The van der Waals surface area contributed by atoms with E-state index in [1.807, 2.05) is 60.7 Å². The first-order valence-corrected chi connectivity index (χ1v) is 8.73. The van der Waals surface area contributed by atoms with Gasteiger partial charge in [-0.15, -0.1) is 0 Å². The Labute approximate surface area is 151 Å². The van der Waals surface area contributed by atoms with E-state index in [0.717, 1.165) is 11.1 Å². The zero-order valence-corrected chi connectivity index (χ0v) is 14.2. The summed E-state index contributed by atoms with van der Waals surface area (Å²) in [5.41, 5.74) is 1.77. The van der Waals surface area contributed by atoms with Crippen LogP contribution < -0.4 is 0 Å². The molecule has 0 bridgehead atoms. The van der Waals surface area contributed by atoms with Gasteiger partial charge in [-0.05, 0) is 0 Å². The van der Waals surface area contributed by atoms with Crippen molar-refractivity contribution in [3.63, 3.8) is 0 Å². The Morgan fingerprint density at radius 2 is 1.46 bits per heavy atom. The van der Waals surface area contributed by atoms with Crippen molar-refractivity contribution in [2.45, 2.75) is 37.0 Å². The number of benzene rings is 2. The molecule has 6 heteroatoms. The van der Waals surface area contributed by atoms with E-state index in [9.17, 15) is 10.2 Å². The maximum Gasteiger partial charge on any atom is 0.184 e. The molecule has 0 radical (unpaired) electrons. The van der Waals surface area contributed by atoms with E-state index in [-0.39, 0.29) is 0 Å². The predicted octanol–water partition coefficient (Wildman–Crippen LogP) is 1.94. The number of hydrogen-bond donors (Lipinski definition) is 2. The molecule has 4 rings (SSSR count). The summed E-state index contributed by atoms with van der Waals surface area (Å²) in [7, 11) is 0. The summed E-state index contributed by atoms with van der Waals surface area (Å²) < 4.78 is 23.7. The Bertz CT molecular complexity index is 694. The molecule has 26 heavy (non-hydrogen) atoms. The van der Waals surface area contributed by atoms with E-state index in [4.69, 9.17) is 18.9 Å². The topological polar surface area (TPSA) is 77.4 Å². The van der Waals surface area contributed by atoms with Gasteiger partial charge in [0.1, 0.15) is 24.4 Å². The van der Waals surface area contributed by atoms with Gasteiger partial charge >= 0.3 is 0 Å². The molecule has 2 aliphatic rings. The van der Waals surface area contributed by atoms with Gasteiger partial charge in [0, 0.05) is 11.1 Å². The molecular weight excluding hydrogens is 336 g/mol. The summed E-state index contributed by atoms with van der Waals surface area (Å²) in [6, 6.07) is 19.2. The number of ether oxygens (including phenoxy) is 4. The number of aliphatic hydroxyl groups is 2. The van der Waals surface area contributed by atoms with Gasteiger partial charge in [0.05, 0.1) is 13.2 Å². The summed E-state index contributed by atoms with van der Waals surface area (Å²) in [6.45, 7) is -0.0918. The minimum Gasteiger partial charge on any atom is -0.394 e. The fourth-order valence-electron chi connectivity index (χ4n) is 3.33. The highest BCUT2D eigenvalue weighted by Gasteiger charge is 2.48. The van der Waals surface area contributed by atoms with E-state index >= 15 is 0 Å². The lowest BCUT2D eigenvalue weighted by molar-refractivity contribution is -0.107. The van der Waals surface area contributed by atoms with Gasteiger partial charge in [0.2, 0.25) is 0 Å². The first-order chi connectivity index (χ1) is 12.8. The van der Waals surface area contributed by atoms with E-state index in [0.29, 0.717) is 6.61 Å². The molecule has 0 amide bonds. The Balaban J connectivity index is 1.50. The minimum absolute atomic E-state index is 0.323. The van der Waals surface area contributed by atoms with Gasteiger partial charge in [-0.1, -0.05) is 60.7 Å². The second kappa shape index (κ2) is 7.84. The monoisotopic (exact) mass is 358 g/mol. The lowest BCUT2D eigenvalue weighted by Gasteiger charge is -2.24. The van der Waals surface area contributed by atoms with E-state index in [2.05, 4.69) is 0 Å². The Kier molecular flexibility index (Phi) is 5.31. The van der Waals surface area contributed by atoms with Crippen LogP contribution in [0, 0.1) is 0 Å². The van der Waals surface area contributed by atoms with Crippen LogP contribution in [0.25, 0.3) is 0 Å². The fraction of sp³-hybridized carbons (Fsp3) is 0.400. The molecule has 2 unspecified atom stereocenters. The normalized spacial score (nSPS) is 32.6. The first-order valence-electron chi connectivity index (χ1n) is 8.73. The molecule has 2 heterocycles. The minimum atomic E-state index is -1.06. The lowest BCUT2D eigenvalue weighted by atomic mass is 10.0. The van der Waals surface area contributed by atoms with Crippen molar-refractivity contribution in [2.24, 2.45) is 0 Å². The average molecular weight is 358 g/mol. The summed E-state index contributed by atoms with van der Waals surface area (Å²) in [4.78, 5) is 0. The summed E-state index contributed by atoms with van der Waals surface area (Å²) in [6.07, 6.45) is -3.81. The van der Waals surface area contributed by atoms with Crippen LogP contribution in [0.2, 0.25) is 0 Å². The van der Waals surface area contributed by atoms with Crippen LogP contribution in [0.1, 0.15) is 23.7 Å². The van der Waals surface area contributed by atoms with Crippen LogP contribution >= 0.6 is 0 Å². The first kappa shape index (κ1) is 17.6. The van der Waals surface area contributed by atoms with Crippen LogP contribution in [0.3, 0.4) is 0 Å². The molecule has 2 aliphatic heterocycles. The Morgan fingerprint density at radius 3 is 2.08 bits per heavy atom. The highest BCUT2D eigenvalue weighted by atomic mass is 16.8. The van der Waals surface area contributed by atoms with Crippen LogP contribution in [-0.2, 0) is 18.9 Å². The van der Waals surface area contributed by atoms with Gasteiger partial charge in [0.25, 0.3) is 0 Å². The van der Waals surface area contributed by atoms with Crippen LogP contribution in [0.15, 0.2) is 60.7 Å². The standard InChI is InChI=1S/C20H22O6/c21-11-15(22)17-18(26-20(25-17)14-9-5-2-6-10-14)16-12-23-19(24-16)13-7-3-1-4-8-13/h1-10,15-22H,11-12H2/t15-,16+,17+,18+,19?,20?/m1/s1. The van der Waals surface area contributed by atoms with Gasteiger partial charge < -0.3 is 29.2 Å². The van der Waals surface area contributed by atoms with Gasteiger partial charge in [0.15, 0.2) is 12.6 Å². The Morgan fingerprint density at radius 1 is 0.846 bits per heavy atom. The van der Waals surface area contributed by atoms with Gasteiger partial charge in [-0.2, -0.15) is 0 Å². The third kappa shape index (κ3) is 3.53. The molecule has 0 aromatic heterocycles. The molecular formula is C20H22O6. The molecule has 6 atom stereocenters. The molecule has 2 saturated heterocycles. The van der Waals surface area contributed by atoms with Crippen molar-refractivity contribution in [1.29, 1.82) is 0 Å². The summed E-state index contributed by atoms with van der Waals surface area (Å²) >= 11 is 0. The molecule has 2 fully saturated rings.